The minimum atomic E-state index is 0.0659. The van der Waals surface area contributed by atoms with Crippen LogP contribution in [0.3, 0.4) is 0 Å². The molecule has 2 aromatic rings. The molecule has 0 aliphatic carbocycles. The Bertz CT molecular complexity index is 704. The second-order valence-electron chi connectivity index (χ2n) is 7.02. The average molecular weight is 352 g/mol. The summed E-state index contributed by atoms with van der Waals surface area (Å²) in [5.74, 6) is 0.0659. The first kappa shape index (κ1) is 18.6. The third-order valence-corrected chi connectivity index (χ3v) is 4.96. The molecule has 4 nitrogen and oxygen atoms in total. The van der Waals surface area contributed by atoms with Gasteiger partial charge in [0.25, 0.3) is 5.91 Å². The topological polar surface area (TPSA) is 55.6 Å². The van der Waals surface area contributed by atoms with Gasteiger partial charge >= 0.3 is 0 Å². The van der Waals surface area contributed by atoms with E-state index in [-0.39, 0.29) is 12.0 Å². The molecule has 1 amide bonds. The van der Waals surface area contributed by atoms with E-state index in [0.717, 1.165) is 31.4 Å². The molecule has 1 fully saturated rings. The van der Waals surface area contributed by atoms with Crippen molar-refractivity contribution in [3.8, 4) is 0 Å². The van der Waals surface area contributed by atoms with Crippen molar-refractivity contribution >= 4 is 5.91 Å². The van der Waals surface area contributed by atoms with Gasteiger partial charge in [0.2, 0.25) is 0 Å². The van der Waals surface area contributed by atoms with E-state index in [0.29, 0.717) is 25.2 Å². The molecule has 0 saturated carbocycles. The van der Waals surface area contributed by atoms with E-state index in [1.54, 1.807) is 0 Å². The van der Waals surface area contributed by atoms with Crippen molar-refractivity contribution in [1.82, 2.24) is 4.90 Å². The van der Waals surface area contributed by atoms with Crippen molar-refractivity contribution in [3.05, 3.63) is 70.8 Å². The molecule has 4 heteroatoms. The summed E-state index contributed by atoms with van der Waals surface area (Å²) in [5.41, 5.74) is 9.90. The Kier molecular flexibility index (Phi) is 6.42. The van der Waals surface area contributed by atoms with E-state index in [9.17, 15) is 4.79 Å². The lowest BCUT2D eigenvalue weighted by Crippen LogP contribution is -2.38. The highest BCUT2D eigenvalue weighted by atomic mass is 16.5. The molecule has 0 spiro atoms. The van der Waals surface area contributed by atoms with Crippen LogP contribution in [0.4, 0.5) is 0 Å². The van der Waals surface area contributed by atoms with Crippen LogP contribution in [0.15, 0.2) is 48.5 Å². The minimum Gasteiger partial charge on any atom is -0.376 e. The fourth-order valence-electron chi connectivity index (χ4n) is 3.29. The number of nitrogens with zero attached hydrogens (tertiary/aromatic N) is 1. The molecule has 0 aromatic heterocycles. The normalized spacial score (nSPS) is 16.6. The van der Waals surface area contributed by atoms with E-state index in [1.165, 1.54) is 11.1 Å². The van der Waals surface area contributed by atoms with Gasteiger partial charge in [-0.15, -0.1) is 0 Å². The van der Waals surface area contributed by atoms with Crippen molar-refractivity contribution in [2.24, 2.45) is 5.73 Å². The maximum Gasteiger partial charge on any atom is 0.253 e. The summed E-state index contributed by atoms with van der Waals surface area (Å²) in [6, 6.07) is 16.1. The van der Waals surface area contributed by atoms with Gasteiger partial charge in [0, 0.05) is 31.8 Å². The smallest absolute Gasteiger partial charge is 0.253 e. The Balaban J connectivity index is 1.70. The van der Waals surface area contributed by atoms with Gasteiger partial charge in [0.15, 0.2) is 0 Å². The summed E-state index contributed by atoms with van der Waals surface area (Å²) in [7, 11) is 0. The van der Waals surface area contributed by atoms with Gasteiger partial charge in [-0.1, -0.05) is 42.0 Å². The Morgan fingerprint density at radius 2 is 1.81 bits per heavy atom. The summed E-state index contributed by atoms with van der Waals surface area (Å²) < 4.78 is 5.76. The van der Waals surface area contributed by atoms with E-state index in [1.807, 2.05) is 29.2 Å². The highest BCUT2D eigenvalue weighted by Crippen LogP contribution is 2.16. The Morgan fingerprint density at radius 1 is 1.12 bits per heavy atom. The largest absolute Gasteiger partial charge is 0.376 e. The number of carbonyl (C=O) groups excluding carboxylic acids is 1. The number of hydrogen-bond acceptors (Lipinski definition) is 3. The third kappa shape index (κ3) is 4.93. The zero-order valence-corrected chi connectivity index (χ0v) is 15.5. The molecule has 138 valence electrons. The van der Waals surface area contributed by atoms with Gasteiger partial charge in [0.05, 0.1) is 6.10 Å². The van der Waals surface area contributed by atoms with Crippen LogP contribution in [-0.2, 0) is 17.7 Å². The minimum absolute atomic E-state index is 0.0659. The van der Waals surface area contributed by atoms with Crippen LogP contribution in [0.25, 0.3) is 0 Å². The van der Waals surface area contributed by atoms with E-state index in [2.05, 4.69) is 31.2 Å². The fourth-order valence-corrected chi connectivity index (χ4v) is 3.29. The third-order valence-electron chi connectivity index (χ3n) is 4.96. The van der Waals surface area contributed by atoms with Crippen molar-refractivity contribution in [3.63, 3.8) is 0 Å². The summed E-state index contributed by atoms with van der Waals surface area (Å²) in [4.78, 5) is 15.0. The van der Waals surface area contributed by atoms with Gasteiger partial charge in [-0.2, -0.15) is 0 Å². The second-order valence-corrected chi connectivity index (χ2v) is 7.02. The first-order valence-electron chi connectivity index (χ1n) is 9.41. The summed E-state index contributed by atoms with van der Waals surface area (Å²) in [6.07, 6.45) is 3.11. The molecule has 3 rings (SSSR count). The van der Waals surface area contributed by atoms with Crippen molar-refractivity contribution in [2.45, 2.75) is 38.8 Å². The summed E-state index contributed by atoms with van der Waals surface area (Å²) >= 11 is 0. The van der Waals surface area contributed by atoms with Gasteiger partial charge in [-0.25, -0.2) is 0 Å². The van der Waals surface area contributed by atoms with Gasteiger partial charge in [0.1, 0.15) is 0 Å². The number of carbonyl (C=O) groups is 1. The van der Waals surface area contributed by atoms with E-state index >= 15 is 0 Å². The number of benzene rings is 2. The number of aryl methyl sites for hydroxylation is 1. The predicted molar refractivity (Wildman–Crippen MR) is 104 cm³/mol. The van der Waals surface area contributed by atoms with Crippen LogP contribution in [-0.4, -0.2) is 36.6 Å². The summed E-state index contributed by atoms with van der Waals surface area (Å²) in [5, 5.41) is 0. The molecule has 2 aromatic carbocycles. The van der Waals surface area contributed by atoms with Gasteiger partial charge < -0.3 is 15.4 Å². The van der Waals surface area contributed by atoms with Gasteiger partial charge in [-0.3, -0.25) is 4.79 Å². The van der Waals surface area contributed by atoms with Gasteiger partial charge in [-0.05, 0) is 49.4 Å². The summed E-state index contributed by atoms with van der Waals surface area (Å²) in [6.45, 7) is 4.73. The molecule has 26 heavy (non-hydrogen) atoms. The van der Waals surface area contributed by atoms with Crippen LogP contribution < -0.4 is 5.73 Å². The molecule has 1 unspecified atom stereocenters. The lowest BCUT2D eigenvalue weighted by Gasteiger charge is -2.26. The molecule has 0 bridgehead atoms. The number of nitrogens with two attached hydrogens (primary N) is 1. The van der Waals surface area contributed by atoms with Crippen LogP contribution in [0.5, 0.6) is 0 Å². The average Bonchev–Trinajstić information content (AvgIpc) is 3.19. The monoisotopic (exact) mass is 352 g/mol. The number of hydrogen-bond donors (Lipinski definition) is 1. The Hall–Kier alpha value is -2.17. The first-order valence-corrected chi connectivity index (χ1v) is 9.41. The fraction of sp³-hybridized carbons (Fsp3) is 0.409. The second kappa shape index (κ2) is 8.97. The molecule has 1 saturated heterocycles. The Labute approximate surface area is 156 Å². The molecule has 1 heterocycles. The van der Waals surface area contributed by atoms with Crippen LogP contribution in [0, 0.1) is 6.92 Å². The molecule has 0 radical (unpaired) electrons. The maximum absolute atomic E-state index is 13.0. The van der Waals surface area contributed by atoms with Crippen LogP contribution >= 0.6 is 0 Å². The zero-order valence-electron chi connectivity index (χ0n) is 15.5. The van der Waals surface area contributed by atoms with E-state index in [4.69, 9.17) is 10.5 Å². The standard InChI is InChI=1S/C22H28N2O2/c1-17-4-6-18(7-5-17)12-13-24(16-21-3-2-14-26-21)22(25)20-10-8-19(15-23)9-11-20/h4-11,21H,2-3,12-16,23H2,1H3. The highest BCUT2D eigenvalue weighted by Gasteiger charge is 2.23. The Morgan fingerprint density at radius 3 is 2.42 bits per heavy atom. The quantitative estimate of drug-likeness (QED) is 0.832. The lowest BCUT2D eigenvalue weighted by molar-refractivity contribution is 0.0529. The molecular formula is C22H28N2O2. The predicted octanol–water partition coefficient (Wildman–Crippen LogP) is 3.32. The number of amides is 1. The van der Waals surface area contributed by atoms with Crippen molar-refractivity contribution in [1.29, 1.82) is 0 Å². The SMILES string of the molecule is Cc1ccc(CCN(CC2CCCO2)C(=O)c2ccc(CN)cc2)cc1. The zero-order chi connectivity index (χ0) is 18.4. The number of rotatable bonds is 7. The maximum atomic E-state index is 13.0. The molecule has 2 N–H and O–H groups in total. The number of ether oxygens (including phenoxy) is 1. The van der Waals surface area contributed by atoms with Crippen LogP contribution in [0.1, 0.15) is 39.9 Å². The molecule has 1 aliphatic rings. The van der Waals surface area contributed by atoms with Crippen molar-refractivity contribution in [2.75, 3.05) is 19.7 Å². The first-order chi connectivity index (χ1) is 12.7. The molecule has 1 atom stereocenters. The highest BCUT2D eigenvalue weighted by molar-refractivity contribution is 5.94. The molecular weight excluding hydrogens is 324 g/mol. The van der Waals surface area contributed by atoms with Crippen LogP contribution in [0.2, 0.25) is 0 Å². The lowest BCUT2D eigenvalue weighted by atomic mass is 10.1. The van der Waals surface area contributed by atoms with E-state index < -0.39 is 0 Å². The van der Waals surface area contributed by atoms with Crippen molar-refractivity contribution < 1.29 is 9.53 Å². The molecule has 1 aliphatic heterocycles.